The largest absolute Gasteiger partial charge is 0.361 e. The van der Waals surface area contributed by atoms with Gasteiger partial charge < -0.3 is 4.74 Å². The number of hydrogen-bond donors (Lipinski definition) is 0. The van der Waals surface area contributed by atoms with Gasteiger partial charge in [-0.25, -0.2) is 0 Å². The molecule has 2 aliphatic rings. The van der Waals surface area contributed by atoms with Gasteiger partial charge in [-0.1, -0.05) is 37.3 Å². The first-order chi connectivity index (χ1) is 7.86. The second-order valence-corrected chi connectivity index (χ2v) is 5.01. The van der Waals surface area contributed by atoms with Gasteiger partial charge in [-0.3, -0.25) is 4.90 Å². The van der Waals surface area contributed by atoms with Crippen molar-refractivity contribution in [3.05, 3.63) is 35.9 Å². The monoisotopic (exact) mass is 217 g/mol. The van der Waals surface area contributed by atoms with Crippen LogP contribution in [-0.4, -0.2) is 24.3 Å². The van der Waals surface area contributed by atoms with Gasteiger partial charge in [-0.2, -0.15) is 0 Å². The summed E-state index contributed by atoms with van der Waals surface area (Å²) in [5.74, 6) is 0.683. The Morgan fingerprint density at radius 3 is 2.88 bits per heavy atom. The average molecular weight is 217 g/mol. The predicted octanol–water partition coefficient (Wildman–Crippen LogP) is 2.82. The van der Waals surface area contributed by atoms with Crippen molar-refractivity contribution >= 4 is 0 Å². The molecule has 0 spiro atoms. The van der Waals surface area contributed by atoms with Gasteiger partial charge in [-0.05, 0) is 24.3 Å². The van der Waals surface area contributed by atoms with E-state index in [4.69, 9.17) is 4.74 Å². The molecule has 3 rings (SSSR count). The molecule has 0 radical (unpaired) electrons. The summed E-state index contributed by atoms with van der Waals surface area (Å²) < 4.78 is 5.96. The Kier molecular flexibility index (Phi) is 2.70. The molecule has 2 fully saturated rings. The van der Waals surface area contributed by atoms with Crippen LogP contribution in [0.2, 0.25) is 0 Å². The van der Waals surface area contributed by atoms with E-state index in [1.54, 1.807) is 0 Å². The van der Waals surface area contributed by atoms with Crippen molar-refractivity contribution in [2.24, 2.45) is 5.92 Å². The quantitative estimate of drug-likeness (QED) is 0.717. The minimum Gasteiger partial charge on any atom is -0.361 e. The zero-order chi connectivity index (χ0) is 11.0. The molecule has 0 unspecified atom stereocenters. The number of piperidine rings is 1. The molecule has 16 heavy (non-hydrogen) atoms. The van der Waals surface area contributed by atoms with Crippen molar-refractivity contribution < 1.29 is 4.74 Å². The number of fused-ring (bicyclic) bond motifs is 1. The normalized spacial score (nSPS) is 34.9. The van der Waals surface area contributed by atoms with E-state index in [0.717, 1.165) is 6.61 Å². The van der Waals surface area contributed by atoms with Gasteiger partial charge in [0.2, 0.25) is 0 Å². The molecule has 1 aromatic carbocycles. The highest BCUT2D eigenvalue weighted by Crippen LogP contribution is 2.37. The second kappa shape index (κ2) is 4.19. The van der Waals surface area contributed by atoms with Gasteiger partial charge in [0.25, 0.3) is 0 Å². The molecule has 2 aliphatic heterocycles. The number of rotatable bonds is 1. The van der Waals surface area contributed by atoms with E-state index in [0.29, 0.717) is 18.2 Å². The van der Waals surface area contributed by atoms with Crippen LogP contribution in [0.1, 0.15) is 31.4 Å². The molecule has 2 heteroatoms. The summed E-state index contributed by atoms with van der Waals surface area (Å²) in [6.45, 7) is 4.36. The Bertz CT molecular complexity index is 351. The lowest BCUT2D eigenvalue weighted by atomic mass is 9.96. The maximum Gasteiger partial charge on any atom is 0.113 e. The molecular weight excluding hydrogens is 198 g/mol. The van der Waals surface area contributed by atoms with Crippen LogP contribution in [0.15, 0.2) is 30.3 Å². The van der Waals surface area contributed by atoms with E-state index >= 15 is 0 Å². The Balaban J connectivity index is 1.83. The fourth-order valence-corrected chi connectivity index (χ4v) is 3.03. The first-order valence-electron chi connectivity index (χ1n) is 6.28. The van der Waals surface area contributed by atoms with Crippen LogP contribution in [0.3, 0.4) is 0 Å². The topological polar surface area (TPSA) is 12.5 Å². The fourth-order valence-electron chi connectivity index (χ4n) is 3.03. The van der Waals surface area contributed by atoms with Gasteiger partial charge in [0, 0.05) is 6.54 Å². The molecule has 0 amide bonds. The Hall–Kier alpha value is -0.860. The highest BCUT2D eigenvalue weighted by molar-refractivity contribution is 5.20. The maximum absolute atomic E-state index is 5.96. The lowest BCUT2D eigenvalue weighted by Crippen LogP contribution is -2.41. The molecule has 1 aromatic rings. The smallest absolute Gasteiger partial charge is 0.113 e. The minimum atomic E-state index is 0.360. The number of benzene rings is 1. The van der Waals surface area contributed by atoms with Crippen LogP contribution in [0, 0.1) is 5.92 Å². The molecular formula is C14H19NO. The van der Waals surface area contributed by atoms with Gasteiger partial charge in [0.15, 0.2) is 0 Å². The average Bonchev–Trinajstić information content (AvgIpc) is 2.75. The first kappa shape index (κ1) is 10.3. The molecule has 2 heterocycles. The van der Waals surface area contributed by atoms with Crippen LogP contribution in [0.4, 0.5) is 0 Å². The van der Waals surface area contributed by atoms with Crippen LogP contribution in [0.5, 0.6) is 0 Å². The molecule has 0 aromatic heterocycles. The van der Waals surface area contributed by atoms with E-state index in [1.165, 1.54) is 24.9 Å². The van der Waals surface area contributed by atoms with Crippen molar-refractivity contribution in [1.82, 2.24) is 4.90 Å². The van der Waals surface area contributed by atoms with Crippen molar-refractivity contribution in [1.29, 1.82) is 0 Å². The zero-order valence-corrected chi connectivity index (χ0v) is 9.80. The Labute approximate surface area is 97.2 Å². The number of nitrogens with zero attached hydrogens (tertiary/aromatic N) is 1. The Morgan fingerprint density at radius 2 is 2.06 bits per heavy atom. The van der Waals surface area contributed by atoms with Gasteiger partial charge in [-0.15, -0.1) is 0 Å². The summed E-state index contributed by atoms with van der Waals surface area (Å²) >= 11 is 0. The molecule has 0 saturated carbocycles. The van der Waals surface area contributed by atoms with Crippen LogP contribution < -0.4 is 0 Å². The molecule has 2 nitrogen and oxygen atoms in total. The maximum atomic E-state index is 5.96. The van der Waals surface area contributed by atoms with Crippen molar-refractivity contribution in [2.45, 2.75) is 32.0 Å². The van der Waals surface area contributed by atoms with Crippen molar-refractivity contribution in [2.75, 3.05) is 13.2 Å². The number of ether oxygens (including phenoxy) is 1. The third kappa shape index (κ3) is 1.66. The van der Waals surface area contributed by atoms with Crippen LogP contribution in [0.25, 0.3) is 0 Å². The lowest BCUT2D eigenvalue weighted by Gasteiger charge is -2.36. The minimum absolute atomic E-state index is 0.360. The second-order valence-electron chi connectivity index (χ2n) is 5.01. The Morgan fingerprint density at radius 1 is 1.25 bits per heavy atom. The highest BCUT2D eigenvalue weighted by Gasteiger charge is 2.40. The number of hydrogen-bond acceptors (Lipinski definition) is 2. The van der Waals surface area contributed by atoms with Gasteiger partial charge >= 0.3 is 0 Å². The summed E-state index contributed by atoms with van der Waals surface area (Å²) in [5.41, 5.74) is 1.40. The summed E-state index contributed by atoms with van der Waals surface area (Å²) in [4.78, 5) is 2.55. The zero-order valence-electron chi connectivity index (χ0n) is 9.80. The standard InChI is InChI=1S/C14H19NO/c1-11-6-5-9-15-13(10-16-14(11)15)12-7-3-2-4-8-12/h2-4,7-8,11,13-14H,5-6,9-10H2,1H3/t11-,13-,14+/m0/s1. The van der Waals surface area contributed by atoms with Crippen molar-refractivity contribution in [3.63, 3.8) is 0 Å². The van der Waals surface area contributed by atoms with Crippen molar-refractivity contribution in [3.8, 4) is 0 Å². The fraction of sp³-hybridized carbons (Fsp3) is 0.571. The van der Waals surface area contributed by atoms with E-state index in [1.807, 2.05) is 0 Å². The van der Waals surface area contributed by atoms with E-state index in [2.05, 4.69) is 42.2 Å². The van der Waals surface area contributed by atoms with Gasteiger partial charge in [0.1, 0.15) is 6.23 Å². The highest BCUT2D eigenvalue weighted by atomic mass is 16.5. The predicted molar refractivity (Wildman–Crippen MR) is 64.0 cm³/mol. The van der Waals surface area contributed by atoms with E-state index in [-0.39, 0.29) is 0 Å². The van der Waals surface area contributed by atoms with E-state index < -0.39 is 0 Å². The van der Waals surface area contributed by atoms with Crippen LogP contribution >= 0.6 is 0 Å². The third-order valence-electron chi connectivity index (χ3n) is 3.90. The molecule has 2 saturated heterocycles. The summed E-state index contributed by atoms with van der Waals surface area (Å²) in [6.07, 6.45) is 2.98. The summed E-state index contributed by atoms with van der Waals surface area (Å²) in [7, 11) is 0. The molecule has 0 N–H and O–H groups in total. The molecule has 0 aliphatic carbocycles. The van der Waals surface area contributed by atoms with Gasteiger partial charge in [0.05, 0.1) is 12.6 Å². The van der Waals surface area contributed by atoms with E-state index in [9.17, 15) is 0 Å². The molecule has 86 valence electrons. The third-order valence-corrected chi connectivity index (χ3v) is 3.90. The summed E-state index contributed by atoms with van der Waals surface area (Å²) in [6, 6.07) is 11.2. The lowest BCUT2D eigenvalue weighted by molar-refractivity contribution is -0.0346. The SMILES string of the molecule is C[C@H]1CCCN2[C@@H]1OC[C@H]2c1ccccc1. The first-order valence-corrected chi connectivity index (χ1v) is 6.28. The molecule has 3 atom stereocenters. The summed E-state index contributed by atoms with van der Waals surface area (Å²) in [5, 5.41) is 0. The molecule has 0 bridgehead atoms. The van der Waals surface area contributed by atoms with Crippen LogP contribution in [-0.2, 0) is 4.74 Å².